The number of nitrogens with one attached hydrogen (secondary N) is 1. The minimum atomic E-state index is -4.69. The minimum Gasteiger partial charge on any atom is -0.306 e. The fourth-order valence-electron chi connectivity index (χ4n) is 2.10. The van der Waals surface area contributed by atoms with Crippen molar-refractivity contribution >= 4 is 11.3 Å². The number of rotatable bonds is 5. The molecule has 1 N–H and O–H groups in total. The average molecular weight is 317 g/mol. The van der Waals surface area contributed by atoms with Gasteiger partial charge in [0.1, 0.15) is 5.82 Å². The van der Waals surface area contributed by atoms with Crippen LogP contribution in [0, 0.1) is 5.82 Å². The maximum atomic E-state index is 14.3. The molecule has 0 aliphatic heterocycles. The number of hydrogen-bond acceptors (Lipinski definition) is 2. The molecule has 1 unspecified atom stereocenters. The molecule has 1 nitrogen and oxygen atoms in total. The molecule has 1 atom stereocenters. The van der Waals surface area contributed by atoms with E-state index in [2.05, 4.69) is 5.32 Å². The quantitative estimate of drug-likeness (QED) is 0.766. The summed E-state index contributed by atoms with van der Waals surface area (Å²) in [7, 11) is 0. The van der Waals surface area contributed by atoms with E-state index < -0.39 is 23.6 Å². The zero-order chi connectivity index (χ0) is 15.5. The highest BCUT2D eigenvalue weighted by Gasteiger charge is 2.36. The summed E-state index contributed by atoms with van der Waals surface area (Å²) >= 11 is 1.39. The van der Waals surface area contributed by atoms with Gasteiger partial charge in [0.05, 0.1) is 11.6 Å². The molecule has 0 saturated heterocycles. The number of benzene rings is 1. The van der Waals surface area contributed by atoms with Crippen LogP contribution in [0.2, 0.25) is 0 Å². The Balaban J connectivity index is 2.45. The van der Waals surface area contributed by atoms with E-state index >= 15 is 0 Å². The lowest BCUT2D eigenvalue weighted by molar-refractivity contribution is -0.140. The van der Waals surface area contributed by atoms with Crippen molar-refractivity contribution in [1.29, 1.82) is 0 Å². The molecule has 0 radical (unpaired) electrons. The Hall–Kier alpha value is -1.40. The highest BCUT2D eigenvalue weighted by Crippen LogP contribution is 2.36. The molecule has 2 rings (SSSR count). The van der Waals surface area contributed by atoms with Crippen molar-refractivity contribution in [3.05, 3.63) is 57.5 Å². The monoisotopic (exact) mass is 317 g/mol. The van der Waals surface area contributed by atoms with Gasteiger partial charge in [-0.05, 0) is 30.5 Å². The first-order valence-electron chi connectivity index (χ1n) is 6.57. The molecule has 0 amide bonds. The van der Waals surface area contributed by atoms with Crippen molar-refractivity contribution in [2.45, 2.75) is 25.6 Å². The normalized spacial score (nSPS) is 13.4. The van der Waals surface area contributed by atoms with Crippen molar-refractivity contribution in [2.75, 3.05) is 6.54 Å². The predicted molar refractivity (Wildman–Crippen MR) is 75.9 cm³/mol. The van der Waals surface area contributed by atoms with Crippen molar-refractivity contribution in [2.24, 2.45) is 0 Å². The third kappa shape index (κ3) is 3.63. The Bertz CT molecular complexity index is 578. The Kier molecular flexibility index (Phi) is 5.00. The summed E-state index contributed by atoms with van der Waals surface area (Å²) in [5.41, 5.74) is -1.19. The molecule has 0 aliphatic carbocycles. The zero-order valence-corrected chi connectivity index (χ0v) is 12.2. The molecule has 0 fully saturated rings. The average Bonchev–Trinajstić information content (AvgIpc) is 2.93. The molecular weight excluding hydrogens is 302 g/mol. The van der Waals surface area contributed by atoms with Crippen LogP contribution in [0.3, 0.4) is 0 Å². The number of hydrogen-bond donors (Lipinski definition) is 1. The van der Waals surface area contributed by atoms with E-state index in [9.17, 15) is 17.6 Å². The Morgan fingerprint density at radius 3 is 2.52 bits per heavy atom. The molecule has 6 heteroatoms. The fraction of sp³-hybridized carbons (Fsp3) is 0.333. The molecule has 114 valence electrons. The fourth-order valence-corrected chi connectivity index (χ4v) is 2.92. The summed E-state index contributed by atoms with van der Waals surface area (Å²) in [6.45, 7) is 2.54. The molecule has 0 spiro atoms. The second-order valence-electron chi connectivity index (χ2n) is 4.61. The van der Waals surface area contributed by atoms with Gasteiger partial charge < -0.3 is 5.32 Å². The first-order chi connectivity index (χ1) is 9.95. The molecule has 0 bridgehead atoms. The molecule has 1 heterocycles. The van der Waals surface area contributed by atoms with Gasteiger partial charge in [0, 0.05) is 10.4 Å². The minimum absolute atomic E-state index is 0.0284. The summed E-state index contributed by atoms with van der Waals surface area (Å²) in [4.78, 5) is 0.793. The van der Waals surface area contributed by atoms with Crippen molar-refractivity contribution in [3.63, 3.8) is 0 Å². The summed E-state index contributed by atoms with van der Waals surface area (Å²) in [6.07, 6.45) is -3.88. The van der Waals surface area contributed by atoms with Crippen LogP contribution < -0.4 is 5.32 Å². The van der Waals surface area contributed by atoms with Crippen LogP contribution in [-0.2, 0) is 6.18 Å². The van der Waals surface area contributed by atoms with E-state index in [1.54, 1.807) is 12.1 Å². The van der Waals surface area contributed by atoms with E-state index in [-0.39, 0.29) is 5.56 Å². The Morgan fingerprint density at radius 1 is 1.19 bits per heavy atom. The second kappa shape index (κ2) is 6.58. The van der Waals surface area contributed by atoms with Crippen LogP contribution >= 0.6 is 11.3 Å². The molecule has 1 aromatic heterocycles. The molecule has 2 aromatic rings. The zero-order valence-electron chi connectivity index (χ0n) is 11.4. The maximum absolute atomic E-state index is 14.3. The van der Waals surface area contributed by atoms with Gasteiger partial charge in [-0.15, -0.1) is 11.3 Å². The largest absolute Gasteiger partial charge is 0.419 e. The van der Waals surface area contributed by atoms with Crippen LogP contribution in [0.15, 0.2) is 35.7 Å². The van der Waals surface area contributed by atoms with Crippen LogP contribution in [-0.4, -0.2) is 6.54 Å². The third-order valence-electron chi connectivity index (χ3n) is 3.07. The number of thiophene rings is 1. The van der Waals surface area contributed by atoms with E-state index in [1.807, 2.05) is 12.3 Å². The standard InChI is InChI=1S/C15H15F4NS/c1-2-8-20-14(12-7-4-9-21-12)10-5-3-6-11(13(10)16)15(17,18)19/h3-7,9,14,20H,2,8H2,1H3. The molecular formula is C15H15F4NS. The highest BCUT2D eigenvalue weighted by molar-refractivity contribution is 7.10. The first-order valence-corrected chi connectivity index (χ1v) is 7.45. The molecule has 21 heavy (non-hydrogen) atoms. The third-order valence-corrected chi connectivity index (χ3v) is 4.01. The van der Waals surface area contributed by atoms with Gasteiger partial charge in [0.15, 0.2) is 0 Å². The van der Waals surface area contributed by atoms with E-state index in [1.165, 1.54) is 23.5 Å². The smallest absolute Gasteiger partial charge is 0.306 e. The predicted octanol–water partition coefficient (Wildman–Crippen LogP) is 5.00. The summed E-state index contributed by atoms with van der Waals surface area (Å²) in [5.74, 6) is -1.20. The summed E-state index contributed by atoms with van der Waals surface area (Å²) < 4.78 is 52.8. The molecule has 1 aromatic carbocycles. The Morgan fingerprint density at radius 2 is 1.95 bits per heavy atom. The lowest BCUT2D eigenvalue weighted by Gasteiger charge is -2.20. The van der Waals surface area contributed by atoms with Crippen LogP contribution in [0.4, 0.5) is 17.6 Å². The number of halogens is 4. The summed E-state index contributed by atoms with van der Waals surface area (Å²) in [5, 5.41) is 4.93. The van der Waals surface area contributed by atoms with Gasteiger partial charge >= 0.3 is 6.18 Å². The highest BCUT2D eigenvalue weighted by atomic mass is 32.1. The molecule has 0 aliphatic rings. The topological polar surface area (TPSA) is 12.0 Å². The van der Waals surface area contributed by atoms with Gasteiger partial charge in [-0.2, -0.15) is 13.2 Å². The Labute approximate surface area is 124 Å². The van der Waals surface area contributed by atoms with Crippen molar-refractivity contribution < 1.29 is 17.6 Å². The second-order valence-corrected chi connectivity index (χ2v) is 5.59. The van der Waals surface area contributed by atoms with Crippen molar-refractivity contribution in [1.82, 2.24) is 5.32 Å². The van der Waals surface area contributed by atoms with E-state index in [0.29, 0.717) is 6.54 Å². The van der Waals surface area contributed by atoms with Gasteiger partial charge in [-0.25, -0.2) is 4.39 Å². The van der Waals surface area contributed by atoms with E-state index in [4.69, 9.17) is 0 Å². The van der Waals surface area contributed by atoms with Gasteiger partial charge in [0.25, 0.3) is 0 Å². The SMILES string of the molecule is CCCNC(c1cccs1)c1cccc(C(F)(F)F)c1F. The van der Waals surface area contributed by atoms with Crippen molar-refractivity contribution in [3.8, 4) is 0 Å². The lowest BCUT2D eigenvalue weighted by Crippen LogP contribution is -2.24. The van der Waals surface area contributed by atoms with Crippen LogP contribution in [0.5, 0.6) is 0 Å². The van der Waals surface area contributed by atoms with Crippen LogP contribution in [0.25, 0.3) is 0 Å². The number of alkyl halides is 3. The first kappa shape index (κ1) is 16.0. The van der Waals surface area contributed by atoms with Gasteiger partial charge in [-0.3, -0.25) is 0 Å². The van der Waals surface area contributed by atoms with E-state index in [0.717, 1.165) is 17.4 Å². The molecule has 0 saturated carbocycles. The van der Waals surface area contributed by atoms with Crippen LogP contribution in [0.1, 0.15) is 35.4 Å². The van der Waals surface area contributed by atoms with Gasteiger partial charge in [-0.1, -0.05) is 25.1 Å². The van der Waals surface area contributed by atoms with Gasteiger partial charge in [0.2, 0.25) is 0 Å². The summed E-state index contributed by atoms with van der Waals surface area (Å²) in [6, 6.07) is 6.44. The maximum Gasteiger partial charge on any atom is 0.419 e. The lowest BCUT2D eigenvalue weighted by atomic mass is 10.0.